The molecule has 2 rings (SSSR count). The number of hydrogen-bond donors (Lipinski definition) is 1. The van der Waals surface area contributed by atoms with E-state index in [2.05, 4.69) is 4.84 Å². The number of sulfone groups is 1. The molecule has 3 nitrogen and oxygen atoms in total. The summed E-state index contributed by atoms with van der Waals surface area (Å²) in [5.41, 5.74) is -0.936. The lowest BCUT2D eigenvalue weighted by Gasteiger charge is -2.28. The molecule has 1 saturated carbocycles. The van der Waals surface area contributed by atoms with E-state index in [1.807, 2.05) is 0 Å². The normalized spacial score (nSPS) is 23.5. The van der Waals surface area contributed by atoms with Crippen molar-refractivity contribution in [1.29, 1.82) is 0 Å². The van der Waals surface area contributed by atoms with Crippen molar-refractivity contribution in [1.82, 2.24) is 4.84 Å². The van der Waals surface area contributed by atoms with Gasteiger partial charge in [0, 0.05) is 6.54 Å². The lowest BCUT2D eigenvalue weighted by atomic mass is 9.89. The quantitative estimate of drug-likeness (QED) is 0.836. The van der Waals surface area contributed by atoms with E-state index < -0.39 is 26.8 Å². The first-order valence-corrected chi connectivity index (χ1v) is 8.92. The highest BCUT2D eigenvalue weighted by atomic mass is 35.5. The molecule has 1 aromatic rings. The van der Waals surface area contributed by atoms with Crippen molar-refractivity contribution in [3.05, 3.63) is 29.8 Å². The second-order valence-corrected chi connectivity index (χ2v) is 8.05. The van der Waals surface area contributed by atoms with Crippen LogP contribution < -0.4 is 4.84 Å². The first-order valence-electron chi connectivity index (χ1n) is 7.00. The Morgan fingerprint density at radius 3 is 2.36 bits per heavy atom. The average molecular weight is 356 g/mol. The third-order valence-corrected chi connectivity index (χ3v) is 6.50. The Hall–Kier alpha value is -0.790. The van der Waals surface area contributed by atoms with Crippen molar-refractivity contribution >= 4 is 21.6 Å². The Labute approximate surface area is 132 Å². The first kappa shape index (κ1) is 17.6. The molecule has 1 aromatic carbocycles. The van der Waals surface area contributed by atoms with Crippen molar-refractivity contribution in [2.45, 2.75) is 42.0 Å². The van der Waals surface area contributed by atoms with Crippen molar-refractivity contribution in [2.24, 2.45) is 5.92 Å². The molecule has 0 spiro atoms. The third kappa shape index (κ3) is 3.94. The van der Waals surface area contributed by atoms with Gasteiger partial charge >= 0.3 is 6.18 Å². The molecule has 1 aliphatic rings. The van der Waals surface area contributed by atoms with Gasteiger partial charge in [-0.1, -0.05) is 6.07 Å². The second kappa shape index (κ2) is 6.76. The number of rotatable bonds is 4. The molecule has 0 unspecified atom stereocenters. The Bertz CT molecular complexity index is 611. The van der Waals surface area contributed by atoms with Crippen LogP contribution in [0.5, 0.6) is 0 Å². The topological polar surface area (TPSA) is 46.2 Å². The molecule has 0 amide bonds. The minimum Gasteiger partial charge on any atom is -0.233 e. The summed E-state index contributed by atoms with van der Waals surface area (Å²) in [6, 6.07) is 3.97. The molecule has 0 radical (unpaired) electrons. The van der Waals surface area contributed by atoms with Crippen LogP contribution in [0.3, 0.4) is 0 Å². The first-order chi connectivity index (χ1) is 10.2. The average Bonchev–Trinajstić information content (AvgIpc) is 2.47. The summed E-state index contributed by atoms with van der Waals surface area (Å²) in [5.74, 6) is 0.311. The molecule has 1 N–H and O–H groups in total. The smallest absolute Gasteiger partial charge is 0.233 e. The number of hydrogen-bond acceptors (Lipinski definition) is 3. The Kier molecular flexibility index (Phi) is 5.40. The minimum absolute atomic E-state index is 0.249. The van der Waals surface area contributed by atoms with Crippen LogP contribution >= 0.6 is 11.8 Å². The zero-order chi connectivity index (χ0) is 16.4. The molecule has 1 fully saturated rings. The standard InChI is InChI=1S/C14H17ClF3NO2S/c15-19-9-10-4-6-12(7-5-10)22(20,21)13-3-1-2-11(8-13)14(16,17)18/h1-3,8,10,12,19H,4-7,9H2/t10-,12+. The molecule has 0 bridgehead atoms. The molecule has 124 valence electrons. The molecule has 1 aliphatic carbocycles. The maximum absolute atomic E-state index is 12.7. The fraction of sp³-hybridized carbons (Fsp3) is 0.571. The highest BCUT2D eigenvalue weighted by Crippen LogP contribution is 2.34. The summed E-state index contributed by atoms with van der Waals surface area (Å²) in [6.45, 7) is 0.609. The van der Waals surface area contributed by atoms with Crippen molar-refractivity contribution < 1.29 is 21.6 Å². The number of halogens is 4. The summed E-state index contributed by atoms with van der Waals surface area (Å²) in [7, 11) is -3.74. The van der Waals surface area contributed by atoms with Crippen LogP contribution in [-0.4, -0.2) is 20.2 Å². The highest BCUT2D eigenvalue weighted by molar-refractivity contribution is 7.92. The molecule has 0 atom stereocenters. The monoisotopic (exact) mass is 355 g/mol. The van der Waals surface area contributed by atoms with Crippen LogP contribution in [0.2, 0.25) is 0 Å². The van der Waals surface area contributed by atoms with E-state index in [0.29, 0.717) is 38.1 Å². The molecule has 0 aromatic heterocycles. The van der Waals surface area contributed by atoms with Gasteiger partial charge in [0.2, 0.25) is 0 Å². The van der Waals surface area contributed by atoms with E-state index in [4.69, 9.17) is 11.8 Å². The molecular weight excluding hydrogens is 339 g/mol. The van der Waals surface area contributed by atoms with Gasteiger partial charge < -0.3 is 0 Å². The number of alkyl halides is 3. The van der Waals surface area contributed by atoms with E-state index in [-0.39, 0.29) is 4.90 Å². The van der Waals surface area contributed by atoms with Crippen LogP contribution in [0.25, 0.3) is 0 Å². The van der Waals surface area contributed by atoms with E-state index in [1.165, 1.54) is 6.07 Å². The molecule has 0 aliphatic heterocycles. The van der Waals surface area contributed by atoms with Gasteiger partial charge in [-0.3, -0.25) is 0 Å². The van der Waals surface area contributed by atoms with E-state index in [0.717, 1.165) is 18.2 Å². The Morgan fingerprint density at radius 2 is 1.82 bits per heavy atom. The Balaban J connectivity index is 2.18. The highest BCUT2D eigenvalue weighted by Gasteiger charge is 2.35. The number of benzene rings is 1. The van der Waals surface area contributed by atoms with E-state index in [1.54, 1.807) is 0 Å². The predicted octanol–water partition coefficient (Wildman–Crippen LogP) is 3.78. The summed E-state index contributed by atoms with van der Waals surface area (Å²) in [5, 5.41) is -0.623. The third-order valence-electron chi connectivity index (χ3n) is 4.09. The molecular formula is C14H17ClF3NO2S. The van der Waals surface area contributed by atoms with Crippen LogP contribution in [0.1, 0.15) is 31.2 Å². The largest absolute Gasteiger partial charge is 0.416 e. The summed E-state index contributed by atoms with van der Waals surface area (Å²) >= 11 is 5.44. The van der Waals surface area contributed by atoms with Gasteiger partial charge in [0.1, 0.15) is 0 Å². The number of nitrogens with one attached hydrogen (secondary N) is 1. The van der Waals surface area contributed by atoms with Gasteiger partial charge in [-0.05, 0) is 61.6 Å². The zero-order valence-corrected chi connectivity index (χ0v) is 13.3. The van der Waals surface area contributed by atoms with E-state index >= 15 is 0 Å². The van der Waals surface area contributed by atoms with Gasteiger partial charge in [-0.15, -0.1) is 0 Å². The molecule has 0 saturated heterocycles. The van der Waals surface area contributed by atoms with Crippen LogP contribution in [-0.2, 0) is 16.0 Å². The SMILES string of the molecule is O=S(=O)(c1cccc(C(F)(F)F)c1)[C@H]1CC[C@@H](CNCl)CC1. The zero-order valence-electron chi connectivity index (χ0n) is 11.7. The summed E-state index contributed by atoms with van der Waals surface area (Å²) in [4.78, 5) is 2.30. The minimum atomic E-state index is -4.55. The lowest BCUT2D eigenvalue weighted by Crippen LogP contribution is -2.30. The van der Waals surface area contributed by atoms with E-state index in [9.17, 15) is 21.6 Å². The fourth-order valence-corrected chi connectivity index (χ4v) is 4.85. The van der Waals surface area contributed by atoms with Gasteiger partial charge in [0.05, 0.1) is 15.7 Å². The summed E-state index contributed by atoms with van der Waals surface area (Å²) in [6.07, 6.45) is -2.26. The van der Waals surface area contributed by atoms with Gasteiger partial charge in [-0.25, -0.2) is 13.3 Å². The lowest BCUT2D eigenvalue weighted by molar-refractivity contribution is -0.137. The van der Waals surface area contributed by atoms with Crippen molar-refractivity contribution in [3.63, 3.8) is 0 Å². The molecule has 8 heteroatoms. The predicted molar refractivity (Wildman–Crippen MR) is 78.2 cm³/mol. The van der Waals surface area contributed by atoms with Crippen molar-refractivity contribution in [3.8, 4) is 0 Å². The molecule has 0 heterocycles. The van der Waals surface area contributed by atoms with Gasteiger partial charge in [-0.2, -0.15) is 13.2 Å². The maximum atomic E-state index is 12.7. The summed E-state index contributed by atoms with van der Waals surface area (Å²) < 4.78 is 63.2. The van der Waals surface area contributed by atoms with Crippen molar-refractivity contribution in [2.75, 3.05) is 6.54 Å². The fourth-order valence-electron chi connectivity index (χ4n) is 2.80. The van der Waals surface area contributed by atoms with Gasteiger partial charge in [0.25, 0.3) is 0 Å². The second-order valence-electron chi connectivity index (χ2n) is 5.55. The maximum Gasteiger partial charge on any atom is 0.416 e. The van der Waals surface area contributed by atoms with Crippen LogP contribution in [0, 0.1) is 5.92 Å². The van der Waals surface area contributed by atoms with Gasteiger partial charge in [0.15, 0.2) is 9.84 Å². The van der Waals surface area contributed by atoms with Crippen LogP contribution in [0.15, 0.2) is 29.2 Å². The Morgan fingerprint density at radius 1 is 1.18 bits per heavy atom. The van der Waals surface area contributed by atoms with Crippen LogP contribution in [0.4, 0.5) is 13.2 Å². The molecule has 22 heavy (non-hydrogen) atoms.